The molecule has 23 heavy (non-hydrogen) atoms. The van der Waals surface area contributed by atoms with Gasteiger partial charge in [-0.1, -0.05) is 28.9 Å². The highest BCUT2D eigenvalue weighted by molar-refractivity contribution is 6.33. The lowest BCUT2D eigenvalue weighted by molar-refractivity contribution is 0.0947. The van der Waals surface area contributed by atoms with E-state index in [1.807, 2.05) is 31.2 Å². The van der Waals surface area contributed by atoms with E-state index in [2.05, 4.69) is 10.5 Å². The molecule has 2 heterocycles. The smallest absolute Gasteiger partial charge is 0.257 e. The van der Waals surface area contributed by atoms with Crippen LogP contribution in [0.2, 0.25) is 5.02 Å². The average Bonchev–Trinajstić information content (AvgIpc) is 3.11. The first kappa shape index (κ1) is 15.4. The molecule has 0 saturated heterocycles. The maximum atomic E-state index is 12.5. The second-order valence-electron chi connectivity index (χ2n) is 5.15. The van der Waals surface area contributed by atoms with Crippen molar-refractivity contribution in [1.82, 2.24) is 10.5 Å². The van der Waals surface area contributed by atoms with Crippen LogP contribution in [0.3, 0.4) is 0 Å². The summed E-state index contributed by atoms with van der Waals surface area (Å²) < 4.78 is 10.8. The van der Waals surface area contributed by atoms with Crippen LogP contribution in [0.4, 0.5) is 0 Å². The van der Waals surface area contributed by atoms with Crippen LogP contribution in [0, 0.1) is 13.8 Å². The van der Waals surface area contributed by atoms with E-state index in [9.17, 15) is 4.79 Å². The summed E-state index contributed by atoms with van der Waals surface area (Å²) in [5.74, 6) is 1.56. The van der Waals surface area contributed by atoms with Gasteiger partial charge in [0.05, 0.1) is 17.3 Å². The molecule has 6 heteroatoms. The summed E-state index contributed by atoms with van der Waals surface area (Å²) in [5, 5.41) is 7.21. The standard InChI is InChI=1S/C17H15ClN2O3/c1-10-7-8-12(22-10)9-19-17(21)15-11(2)20-23-16(15)13-5-3-4-6-14(13)18/h3-8H,9H2,1-2H3,(H,19,21). The van der Waals surface area contributed by atoms with Gasteiger partial charge in [0.1, 0.15) is 17.1 Å². The largest absolute Gasteiger partial charge is 0.465 e. The molecule has 0 aliphatic rings. The summed E-state index contributed by atoms with van der Waals surface area (Å²) in [6.45, 7) is 3.86. The number of rotatable bonds is 4. The molecule has 118 valence electrons. The molecule has 2 aromatic heterocycles. The second-order valence-corrected chi connectivity index (χ2v) is 5.55. The van der Waals surface area contributed by atoms with Gasteiger partial charge in [-0.25, -0.2) is 0 Å². The minimum atomic E-state index is -0.285. The molecule has 0 bridgehead atoms. The van der Waals surface area contributed by atoms with Gasteiger partial charge in [0.25, 0.3) is 5.91 Å². The topological polar surface area (TPSA) is 68.3 Å². The van der Waals surface area contributed by atoms with E-state index < -0.39 is 0 Å². The molecule has 1 aromatic carbocycles. The van der Waals surface area contributed by atoms with E-state index >= 15 is 0 Å². The number of aryl methyl sites for hydroxylation is 2. The minimum absolute atomic E-state index is 0.285. The van der Waals surface area contributed by atoms with Crippen LogP contribution in [-0.4, -0.2) is 11.1 Å². The van der Waals surface area contributed by atoms with Crippen LogP contribution in [0.25, 0.3) is 11.3 Å². The third kappa shape index (κ3) is 3.14. The fraction of sp³-hybridized carbons (Fsp3) is 0.176. The Bertz CT molecular complexity index is 851. The lowest BCUT2D eigenvalue weighted by Crippen LogP contribution is -2.23. The Balaban J connectivity index is 1.86. The van der Waals surface area contributed by atoms with Gasteiger partial charge >= 0.3 is 0 Å². The molecule has 0 atom stereocenters. The van der Waals surface area contributed by atoms with Gasteiger partial charge in [-0.15, -0.1) is 0 Å². The zero-order valence-corrected chi connectivity index (χ0v) is 13.5. The molecule has 0 radical (unpaired) electrons. The average molecular weight is 331 g/mol. The van der Waals surface area contributed by atoms with Crippen LogP contribution in [0.5, 0.6) is 0 Å². The van der Waals surface area contributed by atoms with Crippen molar-refractivity contribution in [2.45, 2.75) is 20.4 Å². The maximum Gasteiger partial charge on any atom is 0.257 e. The number of carbonyl (C=O) groups excluding carboxylic acids is 1. The monoisotopic (exact) mass is 330 g/mol. The number of hydrogen-bond acceptors (Lipinski definition) is 4. The molecule has 3 aromatic rings. The zero-order valence-electron chi connectivity index (χ0n) is 12.7. The minimum Gasteiger partial charge on any atom is -0.465 e. The van der Waals surface area contributed by atoms with Gasteiger partial charge < -0.3 is 14.3 Å². The molecule has 3 rings (SSSR count). The molecule has 1 N–H and O–H groups in total. The van der Waals surface area contributed by atoms with Gasteiger partial charge in [0.15, 0.2) is 5.76 Å². The quantitative estimate of drug-likeness (QED) is 0.780. The lowest BCUT2D eigenvalue weighted by atomic mass is 10.1. The van der Waals surface area contributed by atoms with E-state index in [0.717, 1.165) is 5.76 Å². The first-order valence-electron chi connectivity index (χ1n) is 7.11. The van der Waals surface area contributed by atoms with Crippen LogP contribution in [-0.2, 0) is 6.54 Å². The summed E-state index contributed by atoms with van der Waals surface area (Å²) >= 11 is 6.19. The van der Waals surface area contributed by atoms with E-state index in [1.165, 1.54) is 0 Å². The normalized spacial score (nSPS) is 10.7. The van der Waals surface area contributed by atoms with Gasteiger partial charge in [-0.2, -0.15) is 0 Å². The number of aromatic nitrogens is 1. The summed E-state index contributed by atoms with van der Waals surface area (Å²) in [6.07, 6.45) is 0. The summed E-state index contributed by atoms with van der Waals surface area (Å²) in [6, 6.07) is 10.8. The first-order valence-corrected chi connectivity index (χ1v) is 7.48. The highest BCUT2D eigenvalue weighted by Gasteiger charge is 2.23. The lowest BCUT2D eigenvalue weighted by Gasteiger charge is -2.05. The van der Waals surface area contributed by atoms with Crippen molar-refractivity contribution in [2.75, 3.05) is 0 Å². The van der Waals surface area contributed by atoms with E-state index in [0.29, 0.717) is 39.9 Å². The van der Waals surface area contributed by atoms with Crippen molar-refractivity contribution < 1.29 is 13.7 Å². The molecule has 0 unspecified atom stereocenters. The number of furan rings is 1. The predicted molar refractivity (Wildman–Crippen MR) is 86.3 cm³/mol. The van der Waals surface area contributed by atoms with Crippen molar-refractivity contribution >= 4 is 17.5 Å². The summed E-state index contributed by atoms with van der Waals surface area (Å²) in [4.78, 5) is 12.5. The molecule has 0 saturated carbocycles. The van der Waals surface area contributed by atoms with Crippen molar-refractivity contribution in [2.24, 2.45) is 0 Å². The Morgan fingerprint density at radius 1 is 1.22 bits per heavy atom. The number of nitrogens with zero attached hydrogens (tertiary/aromatic N) is 1. The Morgan fingerprint density at radius 3 is 2.70 bits per heavy atom. The summed E-state index contributed by atoms with van der Waals surface area (Å²) in [5.41, 5.74) is 1.52. The van der Waals surface area contributed by atoms with Gasteiger partial charge in [-0.3, -0.25) is 4.79 Å². The SMILES string of the molecule is Cc1ccc(CNC(=O)c2c(C)noc2-c2ccccc2Cl)o1. The molecule has 0 fully saturated rings. The zero-order chi connectivity index (χ0) is 16.4. The number of carbonyl (C=O) groups is 1. The molecule has 1 amide bonds. The third-order valence-corrected chi connectivity index (χ3v) is 3.76. The molecular weight excluding hydrogens is 316 g/mol. The van der Waals surface area contributed by atoms with E-state index in [1.54, 1.807) is 19.1 Å². The molecule has 0 aliphatic heterocycles. The van der Waals surface area contributed by atoms with Crippen LogP contribution in [0.15, 0.2) is 45.3 Å². The maximum absolute atomic E-state index is 12.5. The van der Waals surface area contributed by atoms with E-state index in [-0.39, 0.29) is 5.91 Å². The van der Waals surface area contributed by atoms with E-state index in [4.69, 9.17) is 20.5 Å². The molecule has 5 nitrogen and oxygen atoms in total. The number of amides is 1. The van der Waals surface area contributed by atoms with Crippen molar-refractivity contribution in [1.29, 1.82) is 0 Å². The first-order chi connectivity index (χ1) is 11.1. The van der Waals surface area contributed by atoms with Crippen molar-refractivity contribution in [3.8, 4) is 11.3 Å². The van der Waals surface area contributed by atoms with Crippen LogP contribution >= 0.6 is 11.6 Å². The molecule has 0 aliphatic carbocycles. The fourth-order valence-electron chi connectivity index (χ4n) is 2.30. The summed E-state index contributed by atoms with van der Waals surface area (Å²) in [7, 11) is 0. The van der Waals surface area contributed by atoms with Gasteiger partial charge in [0, 0.05) is 5.56 Å². The van der Waals surface area contributed by atoms with Gasteiger partial charge in [-0.05, 0) is 38.1 Å². The Morgan fingerprint density at radius 2 is 2.00 bits per heavy atom. The van der Waals surface area contributed by atoms with Gasteiger partial charge in [0.2, 0.25) is 0 Å². The third-order valence-electron chi connectivity index (χ3n) is 3.43. The predicted octanol–water partition coefficient (Wildman–Crippen LogP) is 4.13. The van der Waals surface area contributed by atoms with Crippen LogP contribution in [0.1, 0.15) is 27.6 Å². The Kier molecular flexibility index (Phi) is 4.21. The number of halogens is 1. The fourth-order valence-corrected chi connectivity index (χ4v) is 2.52. The highest BCUT2D eigenvalue weighted by atomic mass is 35.5. The number of nitrogens with one attached hydrogen (secondary N) is 1. The number of benzene rings is 1. The van der Waals surface area contributed by atoms with Crippen molar-refractivity contribution in [3.05, 3.63) is 64.2 Å². The van der Waals surface area contributed by atoms with Crippen molar-refractivity contribution in [3.63, 3.8) is 0 Å². The Labute approximate surface area is 138 Å². The molecule has 0 spiro atoms. The number of hydrogen-bond donors (Lipinski definition) is 1. The second kappa shape index (κ2) is 6.30. The molecular formula is C17H15ClN2O3. The Hall–Kier alpha value is -2.53. The van der Waals surface area contributed by atoms with Crippen LogP contribution < -0.4 is 5.32 Å². The highest BCUT2D eigenvalue weighted by Crippen LogP contribution is 2.31.